The van der Waals surface area contributed by atoms with Gasteiger partial charge in [-0.25, -0.2) is 13.1 Å². The summed E-state index contributed by atoms with van der Waals surface area (Å²) in [4.78, 5) is 14.9. The van der Waals surface area contributed by atoms with Gasteiger partial charge in [0.05, 0.1) is 11.1 Å². The van der Waals surface area contributed by atoms with E-state index in [-0.39, 0.29) is 28.5 Å². The zero-order valence-corrected chi connectivity index (χ0v) is 16.8. The fourth-order valence-electron chi connectivity index (χ4n) is 3.46. The van der Waals surface area contributed by atoms with Crippen LogP contribution in [0.1, 0.15) is 48.9 Å². The van der Waals surface area contributed by atoms with Gasteiger partial charge in [0.25, 0.3) is 5.91 Å². The molecule has 2 aliphatic carbocycles. The molecule has 1 saturated heterocycles. The Morgan fingerprint density at radius 3 is 2.63 bits per heavy atom. The number of amides is 1. The average Bonchev–Trinajstić information content (AvgIpc) is 3.57. The third-order valence-electron chi connectivity index (χ3n) is 5.39. The van der Waals surface area contributed by atoms with E-state index in [1.165, 1.54) is 25.0 Å². The van der Waals surface area contributed by atoms with Crippen LogP contribution in [0, 0.1) is 5.92 Å². The van der Waals surface area contributed by atoms with Crippen LogP contribution >= 0.6 is 11.6 Å². The largest absolute Gasteiger partial charge is 0.377 e. The van der Waals surface area contributed by atoms with E-state index in [4.69, 9.17) is 16.3 Å². The number of halogens is 1. The van der Waals surface area contributed by atoms with E-state index < -0.39 is 10.0 Å². The van der Waals surface area contributed by atoms with Crippen LogP contribution in [-0.2, 0) is 14.8 Å². The Labute approximate surface area is 165 Å². The molecule has 0 radical (unpaired) electrons. The van der Waals surface area contributed by atoms with Crippen molar-refractivity contribution in [3.63, 3.8) is 0 Å². The third-order valence-corrected chi connectivity index (χ3v) is 7.30. The molecule has 4 rings (SSSR count). The number of nitrogens with zero attached hydrogens (tertiary/aromatic N) is 1. The molecule has 148 valence electrons. The molecule has 8 heteroatoms. The molecule has 0 spiro atoms. The highest BCUT2D eigenvalue weighted by molar-refractivity contribution is 7.89. The summed E-state index contributed by atoms with van der Waals surface area (Å²) >= 11 is 6.15. The van der Waals surface area contributed by atoms with E-state index in [0.29, 0.717) is 24.1 Å². The third kappa shape index (κ3) is 4.65. The number of benzene rings is 1. The monoisotopic (exact) mass is 412 g/mol. The van der Waals surface area contributed by atoms with Crippen molar-refractivity contribution in [2.45, 2.75) is 55.6 Å². The molecule has 1 N–H and O–H groups in total. The van der Waals surface area contributed by atoms with Crippen LogP contribution in [0.15, 0.2) is 23.1 Å². The molecule has 1 amide bonds. The highest BCUT2D eigenvalue weighted by atomic mass is 35.5. The number of hydrogen-bond acceptors (Lipinski definition) is 4. The smallest absolute Gasteiger partial charge is 0.254 e. The maximum Gasteiger partial charge on any atom is 0.254 e. The predicted molar refractivity (Wildman–Crippen MR) is 102 cm³/mol. The molecule has 27 heavy (non-hydrogen) atoms. The van der Waals surface area contributed by atoms with Gasteiger partial charge in [0.2, 0.25) is 10.0 Å². The van der Waals surface area contributed by atoms with Gasteiger partial charge in [-0.15, -0.1) is 0 Å². The van der Waals surface area contributed by atoms with Gasteiger partial charge in [0.1, 0.15) is 4.90 Å². The van der Waals surface area contributed by atoms with Gasteiger partial charge in [0.15, 0.2) is 0 Å². The zero-order chi connectivity index (χ0) is 19.0. The van der Waals surface area contributed by atoms with Crippen molar-refractivity contribution in [3.8, 4) is 0 Å². The molecule has 1 aliphatic heterocycles. The van der Waals surface area contributed by atoms with E-state index in [9.17, 15) is 13.2 Å². The Balaban J connectivity index is 1.51. The van der Waals surface area contributed by atoms with Gasteiger partial charge in [-0.05, 0) is 62.6 Å². The molecule has 1 heterocycles. The second-order valence-corrected chi connectivity index (χ2v) is 9.91. The Kier molecular flexibility index (Phi) is 5.47. The standard InChI is InChI=1S/C19H25ClN2O4S/c20-17-8-5-14(19(23)22(15-6-7-15)12-13-3-4-13)10-18(17)27(24,25)21-11-16-2-1-9-26-16/h5,8,10,13,15-16,21H,1-4,6-7,9,11-12H2. The number of carbonyl (C=O) groups is 1. The molecule has 1 unspecified atom stereocenters. The summed E-state index contributed by atoms with van der Waals surface area (Å²) in [7, 11) is -3.81. The van der Waals surface area contributed by atoms with Crippen molar-refractivity contribution in [1.82, 2.24) is 9.62 Å². The molecule has 1 aromatic carbocycles. The number of sulfonamides is 1. The molecular weight excluding hydrogens is 388 g/mol. The van der Waals surface area contributed by atoms with Crippen molar-refractivity contribution in [2.75, 3.05) is 19.7 Å². The van der Waals surface area contributed by atoms with Crippen LogP contribution in [-0.4, -0.2) is 51.1 Å². The first-order valence-electron chi connectivity index (χ1n) is 9.66. The van der Waals surface area contributed by atoms with Gasteiger partial charge in [-0.2, -0.15) is 0 Å². The molecule has 0 aromatic heterocycles. The highest BCUT2D eigenvalue weighted by Crippen LogP contribution is 2.36. The summed E-state index contributed by atoms with van der Waals surface area (Å²) < 4.78 is 33.5. The Morgan fingerprint density at radius 1 is 1.22 bits per heavy atom. The lowest BCUT2D eigenvalue weighted by Crippen LogP contribution is -2.35. The quantitative estimate of drug-likeness (QED) is 0.712. The summed E-state index contributed by atoms with van der Waals surface area (Å²) in [5.74, 6) is 0.495. The summed E-state index contributed by atoms with van der Waals surface area (Å²) in [5, 5.41) is 0.117. The number of hydrogen-bond donors (Lipinski definition) is 1. The van der Waals surface area contributed by atoms with Crippen LogP contribution < -0.4 is 4.72 Å². The second kappa shape index (κ2) is 7.70. The van der Waals surface area contributed by atoms with Gasteiger partial charge in [0, 0.05) is 31.3 Å². The lowest BCUT2D eigenvalue weighted by Gasteiger charge is -2.23. The molecule has 3 aliphatic rings. The number of ether oxygens (including phenoxy) is 1. The van der Waals surface area contributed by atoms with Crippen LogP contribution in [0.3, 0.4) is 0 Å². The van der Waals surface area contributed by atoms with Gasteiger partial charge in [-0.1, -0.05) is 11.6 Å². The van der Waals surface area contributed by atoms with E-state index in [0.717, 1.165) is 32.2 Å². The van der Waals surface area contributed by atoms with E-state index >= 15 is 0 Å². The van der Waals surface area contributed by atoms with Crippen LogP contribution in [0.5, 0.6) is 0 Å². The minimum atomic E-state index is -3.81. The van der Waals surface area contributed by atoms with Gasteiger partial charge < -0.3 is 9.64 Å². The summed E-state index contributed by atoms with van der Waals surface area (Å²) in [6.07, 6.45) is 6.07. The highest BCUT2D eigenvalue weighted by Gasteiger charge is 2.37. The van der Waals surface area contributed by atoms with Crippen LogP contribution in [0.4, 0.5) is 0 Å². The maximum atomic E-state index is 13.0. The lowest BCUT2D eigenvalue weighted by molar-refractivity contribution is 0.0734. The number of nitrogens with one attached hydrogen (secondary N) is 1. The molecule has 1 atom stereocenters. The minimum absolute atomic E-state index is 0.0461. The van der Waals surface area contributed by atoms with Crippen molar-refractivity contribution in [3.05, 3.63) is 28.8 Å². The topological polar surface area (TPSA) is 75.7 Å². The van der Waals surface area contributed by atoms with E-state index in [2.05, 4.69) is 4.72 Å². The number of carbonyl (C=O) groups excluding carboxylic acids is 1. The molecule has 6 nitrogen and oxygen atoms in total. The van der Waals surface area contributed by atoms with Crippen LogP contribution in [0.2, 0.25) is 5.02 Å². The van der Waals surface area contributed by atoms with Crippen LogP contribution in [0.25, 0.3) is 0 Å². The first-order chi connectivity index (χ1) is 12.9. The number of rotatable bonds is 8. The molecule has 0 bridgehead atoms. The molecule has 2 saturated carbocycles. The second-order valence-electron chi connectivity index (χ2n) is 7.76. The Hall–Kier alpha value is -1.15. The fourth-order valence-corrected chi connectivity index (χ4v) is 5.05. The van der Waals surface area contributed by atoms with E-state index in [1.807, 2.05) is 4.90 Å². The maximum absolute atomic E-state index is 13.0. The summed E-state index contributed by atoms with van der Waals surface area (Å²) in [5.41, 5.74) is 0.379. The van der Waals surface area contributed by atoms with Crippen molar-refractivity contribution >= 4 is 27.5 Å². The zero-order valence-electron chi connectivity index (χ0n) is 15.2. The normalized spacial score (nSPS) is 22.8. The lowest BCUT2D eigenvalue weighted by atomic mass is 10.2. The first kappa shape index (κ1) is 19.2. The molecule has 3 fully saturated rings. The molecular formula is C19H25ClN2O4S. The minimum Gasteiger partial charge on any atom is -0.377 e. The predicted octanol–water partition coefficient (Wildman–Crippen LogP) is 2.81. The van der Waals surface area contributed by atoms with Gasteiger partial charge >= 0.3 is 0 Å². The molecule has 1 aromatic rings. The van der Waals surface area contributed by atoms with Crippen molar-refractivity contribution in [2.24, 2.45) is 5.92 Å². The van der Waals surface area contributed by atoms with Crippen molar-refractivity contribution < 1.29 is 17.9 Å². The summed E-state index contributed by atoms with van der Waals surface area (Å²) in [6, 6.07) is 4.82. The Bertz CT molecular complexity index is 815. The Morgan fingerprint density at radius 2 is 2.00 bits per heavy atom. The van der Waals surface area contributed by atoms with Gasteiger partial charge in [-0.3, -0.25) is 4.79 Å². The first-order valence-corrected chi connectivity index (χ1v) is 11.5. The van der Waals surface area contributed by atoms with E-state index in [1.54, 1.807) is 6.07 Å². The average molecular weight is 413 g/mol. The summed E-state index contributed by atoms with van der Waals surface area (Å²) in [6.45, 7) is 1.65. The van der Waals surface area contributed by atoms with Crippen molar-refractivity contribution in [1.29, 1.82) is 0 Å². The SMILES string of the molecule is O=C(c1ccc(Cl)c(S(=O)(=O)NCC2CCCO2)c1)N(CC1CC1)C1CC1. The fraction of sp³-hybridized carbons (Fsp3) is 0.632.